The average Bonchev–Trinajstić information content (AvgIpc) is 2.81. The summed E-state index contributed by atoms with van der Waals surface area (Å²) in [5, 5.41) is 2.50. The number of amides is 5. The summed E-state index contributed by atoms with van der Waals surface area (Å²) in [6.45, 7) is 3.27. The molecule has 2 rings (SSSR count). The SMILES string of the molecule is CCCN1C(=O)C(=O)N(CC(=O)Nc2ccc(C(=O)OCC)cc2)C1=O. The van der Waals surface area contributed by atoms with Crippen molar-refractivity contribution in [3.05, 3.63) is 29.8 Å². The number of urea groups is 1. The van der Waals surface area contributed by atoms with Gasteiger partial charge in [0, 0.05) is 12.2 Å². The topological polar surface area (TPSA) is 113 Å². The Labute approximate surface area is 149 Å². The van der Waals surface area contributed by atoms with E-state index in [0.29, 0.717) is 22.6 Å². The number of nitrogens with one attached hydrogen (secondary N) is 1. The summed E-state index contributed by atoms with van der Waals surface area (Å²) in [5.41, 5.74) is 0.703. The van der Waals surface area contributed by atoms with Gasteiger partial charge < -0.3 is 10.1 Å². The lowest BCUT2D eigenvalue weighted by Gasteiger charge is -2.14. The smallest absolute Gasteiger partial charge is 0.338 e. The number of esters is 1. The van der Waals surface area contributed by atoms with E-state index in [1.165, 1.54) is 24.3 Å². The Kier molecular flexibility index (Phi) is 6.05. The second-order valence-electron chi connectivity index (χ2n) is 5.48. The highest BCUT2D eigenvalue weighted by Crippen LogP contribution is 2.14. The highest BCUT2D eigenvalue weighted by Gasteiger charge is 2.44. The van der Waals surface area contributed by atoms with E-state index < -0.39 is 36.3 Å². The van der Waals surface area contributed by atoms with Crippen molar-refractivity contribution < 1.29 is 28.7 Å². The lowest BCUT2D eigenvalue weighted by molar-refractivity contribution is -0.143. The van der Waals surface area contributed by atoms with Crippen molar-refractivity contribution in [2.24, 2.45) is 0 Å². The van der Waals surface area contributed by atoms with Crippen LogP contribution in [0.25, 0.3) is 0 Å². The van der Waals surface area contributed by atoms with Gasteiger partial charge in [-0.05, 0) is 37.6 Å². The van der Waals surface area contributed by atoms with E-state index in [2.05, 4.69) is 5.32 Å². The first-order valence-electron chi connectivity index (χ1n) is 8.13. The third kappa shape index (κ3) is 4.05. The summed E-state index contributed by atoms with van der Waals surface area (Å²) in [4.78, 5) is 60.7. The zero-order valence-electron chi connectivity index (χ0n) is 14.5. The van der Waals surface area contributed by atoms with Crippen LogP contribution in [-0.2, 0) is 19.1 Å². The van der Waals surface area contributed by atoms with Crippen molar-refractivity contribution in [3.63, 3.8) is 0 Å². The zero-order valence-corrected chi connectivity index (χ0v) is 14.5. The monoisotopic (exact) mass is 361 g/mol. The van der Waals surface area contributed by atoms with Gasteiger partial charge in [-0.15, -0.1) is 0 Å². The second kappa shape index (κ2) is 8.24. The number of anilines is 1. The first-order chi connectivity index (χ1) is 12.4. The molecule has 9 heteroatoms. The Morgan fingerprint density at radius 3 is 2.19 bits per heavy atom. The molecule has 1 N–H and O–H groups in total. The number of hydrogen-bond donors (Lipinski definition) is 1. The van der Waals surface area contributed by atoms with Gasteiger partial charge in [0.05, 0.1) is 12.2 Å². The Hall–Kier alpha value is -3.23. The van der Waals surface area contributed by atoms with Gasteiger partial charge in [0.15, 0.2) is 0 Å². The molecule has 0 atom stereocenters. The molecule has 1 aromatic rings. The zero-order chi connectivity index (χ0) is 19.3. The summed E-state index contributed by atoms with van der Waals surface area (Å²) < 4.78 is 4.86. The number of nitrogens with zero attached hydrogens (tertiary/aromatic N) is 2. The Bertz CT molecular complexity index is 743. The fourth-order valence-electron chi connectivity index (χ4n) is 2.36. The van der Waals surface area contributed by atoms with Gasteiger partial charge in [0.1, 0.15) is 6.54 Å². The lowest BCUT2D eigenvalue weighted by atomic mass is 10.2. The van der Waals surface area contributed by atoms with E-state index in [1.807, 2.05) is 0 Å². The predicted octanol–water partition coefficient (Wildman–Crippen LogP) is 1.00. The highest BCUT2D eigenvalue weighted by molar-refractivity contribution is 6.45. The molecule has 138 valence electrons. The molecule has 5 amide bonds. The highest BCUT2D eigenvalue weighted by atomic mass is 16.5. The summed E-state index contributed by atoms with van der Waals surface area (Å²) in [5.74, 6) is -3.06. The van der Waals surface area contributed by atoms with Gasteiger partial charge in [-0.2, -0.15) is 0 Å². The molecule has 0 aliphatic carbocycles. The van der Waals surface area contributed by atoms with Gasteiger partial charge in [0.2, 0.25) is 5.91 Å². The van der Waals surface area contributed by atoms with Gasteiger partial charge in [-0.25, -0.2) is 14.5 Å². The Balaban J connectivity index is 1.98. The summed E-state index contributed by atoms with van der Waals surface area (Å²) >= 11 is 0. The third-order valence-corrected chi connectivity index (χ3v) is 3.56. The normalized spacial score (nSPS) is 14.0. The molecule has 1 aromatic carbocycles. The quantitative estimate of drug-likeness (QED) is 0.440. The third-order valence-electron chi connectivity index (χ3n) is 3.56. The first-order valence-corrected chi connectivity index (χ1v) is 8.13. The maximum atomic E-state index is 12.1. The fourth-order valence-corrected chi connectivity index (χ4v) is 2.36. The van der Waals surface area contributed by atoms with E-state index in [-0.39, 0.29) is 13.2 Å². The molecular weight excluding hydrogens is 342 g/mol. The maximum absolute atomic E-state index is 12.1. The van der Waals surface area contributed by atoms with Crippen molar-refractivity contribution in [1.29, 1.82) is 0 Å². The number of carbonyl (C=O) groups is 5. The molecule has 1 saturated heterocycles. The van der Waals surface area contributed by atoms with Crippen LogP contribution in [0.1, 0.15) is 30.6 Å². The van der Waals surface area contributed by atoms with Crippen LogP contribution in [0.2, 0.25) is 0 Å². The number of rotatable bonds is 7. The van der Waals surface area contributed by atoms with Crippen LogP contribution in [0.3, 0.4) is 0 Å². The standard InChI is InChI=1S/C17H19N3O6/c1-3-9-19-14(22)15(23)20(17(19)25)10-13(21)18-12-7-5-11(6-8-12)16(24)26-4-2/h5-8H,3-4,9-10H2,1-2H3,(H,18,21). The first kappa shape index (κ1) is 19.1. The number of ether oxygens (including phenoxy) is 1. The minimum Gasteiger partial charge on any atom is -0.462 e. The van der Waals surface area contributed by atoms with Crippen LogP contribution in [0.4, 0.5) is 10.5 Å². The van der Waals surface area contributed by atoms with Gasteiger partial charge in [0.25, 0.3) is 0 Å². The molecule has 1 heterocycles. The molecule has 9 nitrogen and oxygen atoms in total. The molecule has 0 saturated carbocycles. The molecular formula is C17H19N3O6. The van der Waals surface area contributed by atoms with E-state index in [9.17, 15) is 24.0 Å². The molecule has 0 spiro atoms. The molecule has 1 aliphatic rings. The summed E-state index contributed by atoms with van der Waals surface area (Å²) in [7, 11) is 0. The molecule has 26 heavy (non-hydrogen) atoms. The largest absolute Gasteiger partial charge is 0.462 e. The van der Waals surface area contributed by atoms with Crippen molar-refractivity contribution in [1.82, 2.24) is 9.80 Å². The molecule has 1 fully saturated rings. The van der Waals surface area contributed by atoms with Crippen molar-refractivity contribution in [2.75, 3.05) is 25.0 Å². The molecule has 0 bridgehead atoms. The van der Waals surface area contributed by atoms with Gasteiger partial charge >= 0.3 is 23.8 Å². The molecule has 0 radical (unpaired) electrons. The van der Waals surface area contributed by atoms with Crippen molar-refractivity contribution >= 4 is 35.4 Å². The fraction of sp³-hybridized carbons (Fsp3) is 0.353. The Morgan fingerprint density at radius 1 is 1.00 bits per heavy atom. The van der Waals surface area contributed by atoms with Crippen LogP contribution in [0.15, 0.2) is 24.3 Å². The van der Waals surface area contributed by atoms with E-state index in [4.69, 9.17) is 4.74 Å². The van der Waals surface area contributed by atoms with Gasteiger partial charge in [-0.1, -0.05) is 6.92 Å². The van der Waals surface area contributed by atoms with Crippen LogP contribution in [0.5, 0.6) is 0 Å². The minimum absolute atomic E-state index is 0.122. The Morgan fingerprint density at radius 2 is 1.62 bits per heavy atom. The molecule has 1 aliphatic heterocycles. The van der Waals surface area contributed by atoms with E-state index in [0.717, 1.165) is 4.90 Å². The van der Waals surface area contributed by atoms with Crippen LogP contribution in [0, 0.1) is 0 Å². The number of carbonyl (C=O) groups excluding carboxylic acids is 5. The number of benzene rings is 1. The van der Waals surface area contributed by atoms with Crippen LogP contribution >= 0.6 is 0 Å². The lowest BCUT2D eigenvalue weighted by Crippen LogP contribution is -2.39. The maximum Gasteiger partial charge on any atom is 0.338 e. The summed E-state index contributed by atoms with van der Waals surface area (Å²) in [6, 6.07) is 5.15. The van der Waals surface area contributed by atoms with Crippen LogP contribution < -0.4 is 5.32 Å². The molecule has 0 unspecified atom stereocenters. The minimum atomic E-state index is -1.02. The van der Waals surface area contributed by atoms with Crippen LogP contribution in [-0.4, -0.2) is 59.2 Å². The average molecular weight is 361 g/mol. The van der Waals surface area contributed by atoms with Gasteiger partial charge in [-0.3, -0.25) is 19.3 Å². The molecule has 0 aromatic heterocycles. The van der Waals surface area contributed by atoms with Crippen molar-refractivity contribution in [2.45, 2.75) is 20.3 Å². The van der Waals surface area contributed by atoms with E-state index in [1.54, 1.807) is 13.8 Å². The second-order valence-corrected chi connectivity index (χ2v) is 5.48. The van der Waals surface area contributed by atoms with Crippen molar-refractivity contribution in [3.8, 4) is 0 Å². The predicted molar refractivity (Wildman–Crippen MR) is 90.1 cm³/mol. The number of imide groups is 2. The summed E-state index contributed by atoms with van der Waals surface area (Å²) in [6.07, 6.45) is 0.512. The number of hydrogen-bond acceptors (Lipinski definition) is 6. The van der Waals surface area contributed by atoms with E-state index >= 15 is 0 Å².